The summed E-state index contributed by atoms with van der Waals surface area (Å²) < 4.78 is 2.39. The highest BCUT2D eigenvalue weighted by Crippen LogP contribution is 1.72. The zero-order valence-corrected chi connectivity index (χ0v) is 7.68. The van der Waals surface area contributed by atoms with E-state index < -0.39 is 0 Å². The third kappa shape index (κ3) is 9.40. The van der Waals surface area contributed by atoms with Gasteiger partial charge in [0.25, 0.3) is 0 Å². The summed E-state index contributed by atoms with van der Waals surface area (Å²) in [4.78, 5) is 0. The first-order valence-electron chi connectivity index (χ1n) is 2.49. The minimum absolute atomic E-state index is 0. The standard InChI is InChI=1S/C4H13NSi.2FH/c1-3-5(6)4-2;;/h3-4H2,1-2,6H3;2*1H. The van der Waals surface area contributed by atoms with Crippen molar-refractivity contribution >= 4 is 10.4 Å². The van der Waals surface area contributed by atoms with Gasteiger partial charge in [0, 0.05) is 0 Å². The van der Waals surface area contributed by atoms with E-state index in [-0.39, 0.29) is 9.41 Å². The fourth-order valence-electron chi connectivity index (χ4n) is 0.224. The van der Waals surface area contributed by atoms with Crippen molar-refractivity contribution < 1.29 is 9.41 Å². The van der Waals surface area contributed by atoms with Gasteiger partial charge in [0.05, 0.1) is 10.4 Å². The summed E-state index contributed by atoms with van der Waals surface area (Å²) in [7, 11) is 1.22. The third-order valence-corrected chi connectivity index (χ3v) is 2.34. The molecule has 0 aliphatic heterocycles. The molecule has 0 unspecified atom stereocenters. The van der Waals surface area contributed by atoms with Crippen molar-refractivity contribution in [2.75, 3.05) is 13.1 Å². The maximum Gasteiger partial charge on any atom is 0.0784 e. The van der Waals surface area contributed by atoms with Gasteiger partial charge in [-0.2, -0.15) is 0 Å². The van der Waals surface area contributed by atoms with Gasteiger partial charge >= 0.3 is 0 Å². The van der Waals surface area contributed by atoms with Crippen LogP contribution in [0.5, 0.6) is 0 Å². The van der Waals surface area contributed by atoms with Crippen LogP contribution in [0.2, 0.25) is 0 Å². The molecule has 0 fully saturated rings. The molecule has 0 saturated carbocycles. The molecule has 0 heterocycles. The first-order valence-corrected chi connectivity index (χ1v) is 3.39. The highest BCUT2D eigenvalue weighted by Gasteiger charge is 1.81. The largest absolute Gasteiger partial charge is 0.333 e. The Bertz CT molecular complexity index is 33.2. The lowest BCUT2D eigenvalue weighted by atomic mass is 10.7. The molecule has 8 heavy (non-hydrogen) atoms. The average molecular weight is 143 g/mol. The Balaban J connectivity index is -0.000000125. The van der Waals surface area contributed by atoms with E-state index >= 15 is 0 Å². The van der Waals surface area contributed by atoms with Crippen LogP contribution in [-0.2, 0) is 0 Å². The number of rotatable bonds is 2. The molecule has 0 spiro atoms. The van der Waals surface area contributed by atoms with Gasteiger partial charge in [-0.1, -0.05) is 13.8 Å². The summed E-state index contributed by atoms with van der Waals surface area (Å²) in [6.07, 6.45) is 0. The van der Waals surface area contributed by atoms with Crippen LogP contribution in [0.15, 0.2) is 0 Å². The second-order valence-corrected chi connectivity index (χ2v) is 2.75. The zero-order chi connectivity index (χ0) is 4.99. The van der Waals surface area contributed by atoms with E-state index in [1.807, 2.05) is 0 Å². The molecule has 0 bridgehead atoms. The second kappa shape index (κ2) is 10.1. The van der Waals surface area contributed by atoms with Gasteiger partial charge < -0.3 is 4.57 Å². The smallest absolute Gasteiger partial charge is 0.0784 e. The van der Waals surface area contributed by atoms with Crippen LogP contribution in [-0.4, -0.2) is 28.1 Å². The van der Waals surface area contributed by atoms with E-state index in [9.17, 15) is 0 Å². The van der Waals surface area contributed by atoms with Crippen LogP contribution >= 0.6 is 0 Å². The molecular weight excluding hydrogens is 128 g/mol. The van der Waals surface area contributed by atoms with E-state index in [1.54, 1.807) is 0 Å². The molecule has 54 valence electrons. The summed E-state index contributed by atoms with van der Waals surface area (Å²) in [6, 6.07) is 0. The van der Waals surface area contributed by atoms with E-state index in [0.29, 0.717) is 0 Å². The van der Waals surface area contributed by atoms with Gasteiger partial charge in [0.15, 0.2) is 0 Å². The predicted molar refractivity (Wildman–Crippen MR) is 37.9 cm³/mol. The van der Waals surface area contributed by atoms with Crippen LogP contribution in [0.3, 0.4) is 0 Å². The monoisotopic (exact) mass is 143 g/mol. The zero-order valence-electron chi connectivity index (χ0n) is 5.68. The molecule has 0 saturated heterocycles. The maximum absolute atomic E-state index is 2.39. The lowest BCUT2D eigenvalue weighted by molar-refractivity contribution is 0.505. The van der Waals surface area contributed by atoms with Crippen molar-refractivity contribution in [1.29, 1.82) is 0 Å². The summed E-state index contributed by atoms with van der Waals surface area (Å²) in [6.45, 7) is 6.83. The molecule has 4 heteroatoms. The molecule has 0 aromatic rings. The molecule has 0 aliphatic rings. The molecule has 0 aliphatic carbocycles. The van der Waals surface area contributed by atoms with Gasteiger partial charge in [-0.15, -0.1) is 0 Å². The van der Waals surface area contributed by atoms with Crippen LogP contribution in [0.4, 0.5) is 9.41 Å². The van der Waals surface area contributed by atoms with Crippen molar-refractivity contribution in [3.05, 3.63) is 0 Å². The number of halogens is 2. The molecule has 1 nitrogen and oxygen atoms in total. The van der Waals surface area contributed by atoms with Crippen LogP contribution < -0.4 is 0 Å². The molecule has 0 amide bonds. The summed E-state index contributed by atoms with van der Waals surface area (Å²) in [5.74, 6) is 0. The molecule has 0 rings (SSSR count). The van der Waals surface area contributed by atoms with Gasteiger partial charge in [0.2, 0.25) is 0 Å². The van der Waals surface area contributed by atoms with Crippen molar-refractivity contribution in [2.24, 2.45) is 0 Å². The molecule has 0 atom stereocenters. The SMILES string of the molecule is CCN([SiH3])CC.F.F. The Labute approximate surface area is 52.3 Å². The van der Waals surface area contributed by atoms with Crippen LogP contribution in [0.25, 0.3) is 0 Å². The summed E-state index contributed by atoms with van der Waals surface area (Å²) >= 11 is 0. The fraction of sp³-hybridized carbons (Fsp3) is 1.00. The van der Waals surface area contributed by atoms with Gasteiger partial charge in [-0.25, -0.2) is 0 Å². The number of nitrogens with zero attached hydrogens (tertiary/aromatic N) is 1. The Morgan fingerprint density at radius 2 is 1.38 bits per heavy atom. The minimum atomic E-state index is 0. The summed E-state index contributed by atoms with van der Waals surface area (Å²) in [5.41, 5.74) is 0. The molecule has 0 aromatic heterocycles. The maximum atomic E-state index is 2.39. The molecule has 0 aromatic carbocycles. The van der Waals surface area contributed by atoms with Gasteiger partial charge in [0.1, 0.15) is 0 Å². The Morgan fingerprint density at radius 1 is 1.12 bits per heavy atom. The van der Waals surface area contributed by atoms with Crippen molar-refractivity contribution in [1.82, 2.24) is 4.57 Å². The molecule has 0 N–H and O–H groups in total. The number of hydrogen-bond donors (Lipinski definition) is 0. The Morgan fingerprint density at radius 3 is 1.38 bits per heavy atom. The van der Waals surface area contributed by atoms with E-state index in [4.69, 9.17) is 0 Å². The van der Waals surface area contributed by atoms with Crippen molar-refractivity contribution in [3.63, 3.8) is 0 Å². The third-order valence-electron chi connectivity index (χ3n) is 1.08. The first-order chi connectivity index (χ1) is 2.81. The molecular formula is C4H15F2NSi. The quantitative estimate of drug-likeness (QED) is 0.488. The topological polar surface area (TPSA) is 3.24 Å². The normalized spacial score (nSPS) is 7.88. The Kier molecular flexibility index (Phi) is 19.8. The van der Waals surface area contributed by atoms with E-state index in [1.165, 1.54) is 23.5 Å². The second-order valence-electron chi connectivity index (χ2n) is 1.49. The lowest BCUT2D eigenvalue weighted by Crippen LogP contribution is -2.17. The van der Waals surface area contributed by atoms with Crippen molar-refractivity contribution in [3.8, 4) is 0 Å². The minimum Gasteiger partial charge on any atom is -0.333 e. The van der Waals surface area contributed by atoms with Gasteiger partial charge in [-0.05, 0) is 13.1 Å². The highest BCUT2D eigenvalue weighted by atomic mass is 28.2. The summed E-state index contributed by atoms with van der Waals surface area (Å²) in [5, 5.41) is 0. The fourth-order valence-corrected chi connectivity index (χ4v) is 0.224. The first kappa shape index (κ1) is 15.7. The van der Waals surface area contributed by atoms with E-state index in [0.717, 1.165) is 0 Å². The van der Waals surface area contributed by atoms with Crippen molar-refractivity contribution in [2.45, 2.75) is 13.8 Å². The number of hydrogen-bond acceptors (Lipinski definition) is 1. The predicted octanol–water partition coefficient (Wildman–Crippen LogP) is -0.0864. The Hall–Kier alpha value is 0.0369. The highest BCUT2D eigenvalue weighted by molar-refractivity contribution is 6.04. The molecule has 0 radical (unpaired) electrons. The van der Waals surface area contributed by atoms with Gasteiger partial charge in [-0.3, -0.25) is 9.41 Å². The average Bonchev–Trinajstić information content (AvgIpc) is 1.65. The van der Waals surface area contributed by atoms with E-state index in [2.05, 4.69) is 18.4 Å². The van der Waals surface area contributed by atoms with Crippen LogP contribution in [0.1, 0.15) is 13.8 Å². The lowest BCUT2D eigenvalue weighted by Gasteiger charge is -2.07. The van der Waals surface area contributed by atoms with Crippen LogP contribution in [0, 0.1) is 0 Å².